The van der Waals surface area contributed by atoms with Gasteiger partial charge in [-0.2, -0.15) is 0 Å². The van der Waals surface area contributed by atoms with Gasteiger partial charge >= 0.3 is 0 Å². The molecule has 7 heteroatoms. The summed E-state index contributed by atoms with van der Waals surface area (Å²) in [5.74, 6) is 0.718. The van der Waals surface area contributed by atoms with Crippen LogP contribution in [0, 0.1) is 0 Å². The lowest BCUT2D eigenvalue weighted by Gasteiger charge is -2.13. The van der Waals surface area contributed by atoms with Gasteiger partial charge in [-0.1, -0.05) is 36.0 Å². The van der Waals surface area contributed by atoms with Gasteiger partial charge in [0, 0.05) is 6.54 Å². The van der Waals surface area contributed by atoms with Gasteiger partial charge < -0.3 is 9.73 Å². The van der Waals surface area contributed by atoms with Gasteiger partial charge in [0.25, 0.3) is 5.56 Å². The number of nitrogens with one attached hydrogen (secondary N) is 1. The van der Waals surface area contributed by atoms with Crippen molar-refractivity contribution in [1.82, 2.24) is 14.9 Å². The molecule has 0 fully saturated rings. The fraction of sp³-hybridized carbons (Fsp3) is 0.227. The van der Waals surface area contributed by atoms with E-state index in [0.29, 0.717) is 28.4 Å². The molecule has 0 bridgehead atoms. The summed E-state index contributed by atoms with van der Waals surface area (Å²) in [7, 11) is 0. The molecule has 0 aliphatic carbocycles. The van der Waals surface area contributed by atoms with Crippen molar-refractivity contribution in [2.24, 2.45) is 0 Å². The second-order valence-electron chi connectivity index (χ2n) is 6.75. The standard InChI is InChI=1S/C22H21N3O3S/c1-3-25-21(27)17-11-15-7-4-5-8-16(15)12-18(17)24-22(25)29-13-20(26)23-14(2)19-9-6-10-28-19/h4-12,14H,3,13H2,1-2H3,(H,23,26). The van der Waals surface area contributed by atoms with Crippen LogP contribution in [0.5, 0.6) is 0 Å². The lowest BCUT2D eigenvalue weighted by Crippen LogP contribution is -2.29. The number of amides is 1. The zero-order valence-electron chi connectivity index (χ0n) is 16.2. The molecular weight excluding hydrogens is 386 g/mol. The number of benzene rings is 2. The molecule has 0 spiro atoms. The van der Waals surface area contributed by atoms with E-state index in [4.69, 9.17) is 4.42 Å². The number of carbonyl (C=O) groups is 1. The maximum atomic E-state index is 13.0. The van der Waals surface area contributed by atoms with Crippen molar-refractivity contribution < 1.29 is 9.21 Å². The Bertz CT molecular complexity index is 1230. The summed E-state index contributed by atoms with van der Waals surface area (Å²) in [6.45, 7) is 4.25. The minimum atomic E-state index is -0.220. The maximum absolute atomic E-state index is 13.0. The number of fused-ring (bicyclic) bond motifs is 2. The minimum absolute atomic E-state index is 0.0879. The SMILES string of the molecule is CCn1c(SCC(=O)NC(C)c2ccco2)nc2cc3ccccc3cc2c1=O. The average Bonchev–Trinajstić information content (AvgIpc) is 3.26. The van der Waals surface area contributed by atoms with Gasteiger partial charge in [-0.3, -0.25) is 14.2 Å². The normalized spacial score (nSPS) is 12.3. The molecule has 2 aromatic heterocycles. The number of hydrogen-bond acceptors (Lipinski definition) is 5. The Kier molecular flexibility index (Phi) is 5.40. The van der Waals surface area contributed by atoms with Crippen molar-refractivity contribution in [2.45, 2.75) is 31.6 Å². The van der Waals surface area contributed by atoms with Crippen LogP contribution in [0.1, 0.15) is 25.6 Å². The van der Waals surface area contributed by atoms with E-state index in [1.165, 1.54) is 11.8 Å². The first-order valence-corrected chi connectivity index (χ1v) is 10.4. The Balaban J connectivity index is 1.60. The van der Waals surface area contributed by atoms with E-state index in [2.05, 4.69) is 10.3 Å². The molecule has 0 aliphatic heterocycles. The van der Waals surface area contributed by atoms with Crippen LogP contribution in [0.4, 0.5) is 0 Å². The van der Waals surface area contributed by atoms with Crippen LogP contribution in [-0.2, 0) is 11.3 Å². The van der Waals surface area contributed by atoms with Crippen molar-refractivity contribution in [3.63, 3.8) is 0 Å². The van der Waals surface area contributed by atoms with Crippen LogP contribution < -0.4 is 10.9 Å². The highest BCUT2D eigenvalue weighted by Gasteiger charge is 2.15. The number of carbonyl (C=O) groups excluding carboxylic acids is 1. The van der Waals surface area contributed by atoms with Crippen molar-refractivity contribution in [3.05, 3.63) is 70.9 Å². The average molecular weight is 407 g/mol. The largest absolute Gasteiger partial charge is 0.467 e. The summed E-state index contributed by atoms with van der Waals surface area (Å²) in [5, 5.41) is 6.07. The summed E-state index contributed by atoms with van der Waals surface area (Å²) in [4.78, 5) is 30.0. The van der Waals surface area contributed by atoms with Crippen LogP contribution in [0.25, 0.3) is 21.7 Å². The van der Waals surface area contributed by atoms with E-state index >= 15 is 0 Å². The molecular formula is C22H21N3O3S. The fourth-order valence-corrected chi connectivity index (χ4v) is 4.17. The fourth-order valence-electron chi connectivity index (χ4n) is 3.30. The summed E-state index contributed by atoms with van der Waals surface area (Å²) in [5.41, 5.74) is 0.556. The third kappa shape index (κ3) is 3.91. The highest BCUT2D eigenvalue weighted by Crippen LogP contribution is 2.23. The van der Waals surface area contributed by atoms with Crippen LogP contribution >= 0.6 is 11.8 Å². The topological polar surface area (TPSA) is 77.1 Å². The molecule has 0 saturated carbocycles. The summed E-state index contributed by atoms with van der Waals surface area (Å²) in [6, 6.07) is 15.1. The van der Waals surface area contributed by atoms with E-state index in [-0.39, 0.29) is 23.3 Å². The summed E-state index contributed by atoms with van der Waals surface area (Å²) >= 11 is 1.26. The first kappa shape index (κ1) is 19.3. The van der Waals surface area contributed by atoms with E-state index in [0.717, 1.165) is 10.8 Å². The van der Waals surface area contributed by atoms with E-state index in [1.54, 1.807) is 16.9 Å². The second-order valence-corrected chi connectivity index (χ2v) is 7.70. The molecule has 0 saturated heterocycles. The van der Waals surface area contributed by atoms with Gasteiger partial charge in [0.05, 0.1) is 29.0 Å². The number of rotatable bonds is 6. The zero-order valence-corrected chi connectivity index (χ0v) is 17.0. The molecule has 4 rings (SSSR count). The molecule has 0 aliphatic rings. The van der Waals surface area contributed by atoms with Crippen molar-refractivity contribution in [2.75, 3.05) is 5.75 Å². The van der Waals surface area contributed by atoms with Crippen molar-refractivity contribution >= 4 is 39.3 Å². The van der Waals surface area contributed by atoms with Gasteiger partial charge in [-0.05, 0) is 48.9 Å². The number of aromatic nitrogens is 2. The van der Waals surface area contributed by atoms with Gasteiger partial charge in [0.15, 0.2) is 5.16 Å². The molecule has 1 atom stereocenters. The van der Waals surface area contributed by atoms with Gasteiger partial charge in [0.1, 0.15) is 5.76 Å². The molecule has 4 aromatic rings. The van der Waals surface area contributed by atoms with Crippen LogP contribution in [-0.4, -0.2) is 21.2 Å². The Labute approximate surface area is 171 Å². The molecule has 29 heavy (non-hydrogen) atoms. The Morgan fingerprint density at radius 3 is 2.66 bits per heavy atom. The van der Waals surface area contributed by atoms with Crippen molar-refractivity contribution in [3.8, 4) is 0 Å². The molecule has 0 radical (unpaired) electrons. The van der Waals surface area contributed by atoms with E-state index < -0.39 is 0 Å². The monoisotopic (exact) mass is 407 g/mol. The van der Waals surface area contributed by atoms with Crippen LogP contribution in [0.2, 0.25) is 0 Å². The summed E-state index contributed by atoms with van der Waals surface area (Å²) in [6.07, 6.45) is 1.58. The summed E-state index contributed by atoms with van der Waals surface area (Å²) < 4.78 is 6.93. The molecule has 1 N–H and O–H groups in total. The Morgan fingerprint density at radius 2 is 1.97 bits per heavy atom. The number of nitrogens with zero attached hydrogens (tertiary/aromatic N) is 2. The lowest BCUT2D eigenvalue weighted by atomic mass is 10.1. The van der Waals surface area contributed by atoms with Crippen LogP contribution in [0.15, 0.2) is 69.2 Å². The quantitative estimate of drug-likeness (QED) is 0.295. The minimum Gasteiger partial charge on any atom is -0.467 e. The zero-order chi connectivity index (χ0) is 20.4. The van der Waals surface area contributed by atoms with E-state index in [1.807, 2.05) is 56.3 Å². The number of hydrogen-bond donors (Lipinski definition) is 1. The van der Waals surface area contributed by atoms with Gasteiger partial charge in [0.2, 0.25) is 5.91 Å². The molecule has 1 unspecified atom stereocenters. The molecule has 1 amide bonds. The highest BCUT2D eigenvalue weighted by atomic mass is 32.2. The highest BCUT2D eigenvalue weighted by molar-refractivity contribution is 7.99. The van der Waals surface area contributed by atoms with E-state index in [9.17, 15) is 9.59 Å². The lowest BCUT2D eigenvalue weighted by molar-refractivity contribution is -0.119. The predicted octanol–water partition coefficient (Wildman–Crippen LogP) is 4.13. The number of furan rings is 1. The first-order valence-electron chi connectivity index (χ1n) is 9.45. The molecule has 2 heterocycles. The second kappa shape index (κ2) is 8.13. The maximum Gasteiger partial charge on any atom is 0.262 e. The third-order valence-electron chi connectivity index (χ3n) is 4.78. The Hall–Kier alpha value is -3.06. The first-order chi connectivity index (χ1) is 14.1. The van der Waals surface area contributed by atoms with Gasteiger partial charge in [-0.25, -0.2) is 4.98 Å². The predicted molar refractivity (Wildman–Crippen MR) is 115 cm³/mol. The Morgan fingerprint density at radius 1 is 1.21 bits per heavy atom. The molecule has 2 aromatic carbocycles. The number of thioether (sulfide) groups is 1. The third-order valence-corrected chi connectivity index (χ3v) is 5.76. The molecule has 6 nitrogen and oxygen atoms in total. The molecule has 148 valence electrons. The van der Waals surface area contributed by atoms with Crippen LogP contribution in [0.3, 0.4) is 0 Å². The smallest absolute Gasteiger partial charge is 0.262 e. The van der Waals surface area contributed by atoms with Crippen molar-refractivity contribution in [1.29, 1.82) is 0 Å². The van der Waals surface area contributed by atoms with Gasteiger partial charge in [-0.15, -0.1) is 0 Å².